The SMILES string of the molecule is C/C=C(\C=C\CCC)CC(C)C. The molecular weight excluding hydrogens is 144 g/mol. The smallest absolute Gasteiger partial charge is 0.0259 e. The molecule has 12 heavy (non-hydrogen) atoms. The highest BCUT2D eigenvalue weighted by Crippen LogP contribution is 2.12. The predicted molar refractivity (Wildman–Crippen MR) is 57.3 cm³/mol. The highest BCUT2D eigenvalue weighted by Gasteiger charge is 1.95. The van der Waals surface area contributed by atoms with Crippen LogP contribution in [-0.4, -0.2) is 0 Å². The van der Waals surface area contributed by atoms with Crippen LogP contribution >= 0.6 is 0 Å². The van der Waals surface area contributed by atoms with Crippen LogP contribution < -0.4 is 0 Å². The Bertz CT molecular complexity index is 149. The minimum Gasteiger partial charge on any atom is -0.0844 e. The summed E-state index contributed by atoms with van der Waals surface area (Å²) in [7, 11) is 0. The quantitative estimate of drug-likeness (QED) is 0.533. The van der Waals surface area contributed by atoms with Gasteiger partial charge in [-0.15, -0.1) is 0 Å². The first-order chi connectivity index (χ1) is 5.70. The molecule has 70 valence electrons. The molecule has 0 aromatic rings. The van der Waals surface area contributed by atoms with Crippen LogP contribution in [0, 0.1) is 5.92 Å². The molecule has 0 rings (SSSR count). The fourth-order valence-corrected chi connectivity index (χ4v) is 1.15. The highest BCUT2D eigenvalue weighted by molar-refractivity contribution is 5.17. The van der Waals surface area contributed by atoms with E-state index < -0.39 is 0 Å². The average Bonchev–Trinajstić information content (AvgIpc) is 2.02. The number of allylic oxidation sites excluding steroid dienone is 4. The van der Waals surface area contributed by atoms with E-state index in [-0.39, 0.29) is 0 Å². The van der Waals surface area contributed by atoms with Gasteiger partial charge >= 0.3 is 0 Å². The summed E-state index contributed by atoms with van der Waals surface area (Å²) in [5.74, 6) is 0.766. The molecule has 0 aliphatic carbocycles. The maximum Gasteiger partial charge on any atom is -0.0259 e. The van der Waals surface area contributed by atoms with E-state index in [2.05, 4.69) is 45.9 Å². The summed E-state index contributed by atoms with van der Waals surface area (Å²) in [6, 6.07) is 0. The van der Waals surface area contributed by atoms with Crippen molar-refractivity contribution in [1.29, 1.82) is 0 Å². The average molecular weight is 166 g/mol. The number of unbranched alkanes of at least 4 members (excludes halogenated alkanes) is 1. The van der Waals surface area contributed by atoms with Crippen molar-refractivity contribution in [1.82, 2.24) is 0 Å². The van der Waals surface area contributed by atoms with E-state index in [0.29, 0.717) is 0 Å². The third kappa shape index (κ3) is 6.21. The van der Waals surface area contributed by atoms with E-state index >= 15 is 0 Å². The van der Waals surface area contributed by atoms with E-state index in [0.717, 1.165) is 5.92 Å². The maximum absolute atomic E-state index is 2.28. The molecule has 0 N–H and O–H groups in total. The van der Waals surface area contributed by atoms with Gasteiger partial charge in [0.2, 0.25) is 0 Å². The maximum atomic E-state index is 2.28. The zero-order chi connectivity index (χ0) is 9.40. The van der Waals surface area contributed by atoms with E-state index in [4.69, 9.17) is 0 Å². The van der Waals surface area contributed by atoms with Crippen molar-refractivity contribution < 1.29 is 0 Å². The summed E-state index contributed by atoms with van der Waals surface area (Å²) < 4.78 is 0. The van der Waals surface area contributed by atoms with Crippen molar-refractivity contribution in [2.75, 3.05) is 0 Å². The lowest BCUT2D eigenvalue weighted by molar-refractivity contribution is 0.649. The Morgan fingerprint density at radius 2 is 2.00 bits per heavy atom. The lowest BCUT2D eigenvalue weighted by atomic mass is 10.0. The van der Waals surface area contributed by atoms with Crippen molar-refractivity contribution in [3.8, 4) is 0 Å². The van der Waals surface area contributed by atoms with Crippen LogP contribution in [0.1, 0.15) is 47.0 Å². The molecule has 0 aromatic carbocycles. The third-order valence-electron chi connectivity index (χ3n) is 1.80. The van der Waals surface area contributed by atoms with Crippen molar-refractivity contribution >= 4 is 0 Å². The molecule has 0 atom stereocenters. The van der Waals surface area contributed by atoms with Gasteiger partial charge in [-0.05, 0) is 25.7 Å². The highest BCUT2D eigenvalue weighted by atomic mass is 14.0. The summed E-state index contributed by atoms with van der Waals surface area (Å²) in [5, 5.41) is 0. The molecule has 0 saturated carbocycles. The molecule has 0 amide bonds. The summed E-state index contributed by atoms with van der Waals surface area (Å²) >= 11 is 0. The second-order valence-electron chi connectivity index (χ2n) is 3.65. The van der Waals surface area contributed by atoms with Gasteiger partial charge < -0.3 is 0 Å². The van der Waals surface area contributed by atoms with Gasteiger partial charge in [-0.3, -0.25) is 0 Å². The molecule has 0 radical (unpaired) electrons. The Labute approximate surface area is 77.4 Å². The van der Waals surface area contributed by atoms with Gasteiger partial charge in [-0.2, -0.15) is 0 Å². The summed E-state index contributed by atoms with van der Waals surface area (Å²) in [6.45, 7) is 8.85. The Kier molecular flexibility index (Phi) is 6.84. The molecule has 0 aromatic heterocycles. The molecule has 0 saturated heterocycles. The summed E-state index contributed by atoms with van der Waals surface area (Å²) in [6.07, 6.45) is 10.4. The first kappa shape index (κ1) is 11.5. The van der Waals surface area contributed by atoms with Gasteiger partial charge in [0.15, 0.2) is 0 Å². The Hall–Kier alpha value is -0.520. The molecule has 0 heterocycles. The van der Waals surface area contributed by atoms with Crippen molar-refractivity contribution in [2.45, 2.75) is 47.0 Å². The van der Waals surface area contributed by atoms with E-state index in [1.165, 1.54) is 24.8 Å². The normalized spacial score (nSPS) is 13.2. The van der Waals surface area contributed by atoms with Crippen LogP contribution in [0.3, 0.4) is 0 Å². The summed E-state index contributed by atoms with van der Waals surface area (Å²) in [5.41, 5.74) is 1.47. The van der Waals surface area contributed by atoms with Gasteiger partial charge in [0.1, 0.15) is 0 Å². The van der Waals surface area contributed by atoms with Crippen LogP contribution in [0.2, 0.25) is 0 Å². The molecule has 0 unspecified atom stereocenters. The first-order valence-corrected chi connectivity index (χ1v) is 5.02. The van der Waals surface area contributed by atoms with Gasteiger partial charge in [0, 0.05) is 0 Å². The number of rotatable bonds is 5. The van der Waals surface area contributed by atoms with Crippen LogP contribution in [0.15, 0.2) is 23.8 Å². The minimum atomic E-state index is 0.766. The lowest BCUT2D eigenvalue weighted by Crippen LogP contribution is -1.88. The molecule has 0 bridgehead atoms. The second-order valence-corrected chi connectivity index (χ2v) is 3.65. The van der Waals surface area contributed by atoms with E-state index in [1.807, 2.05) is 0 Å². The molecule has 0 spiro atoms. The fraction of sp³-hybridized carbons (Fsp3) is 0.667. The van der Waals surface area contributed by atoms with Gasteiger partial charge in [0.05, 0.1) is 0 Å². The standard InChI is InChI=1S/C12H22/c1-5-7-8-9-12(6-2)10-11(3)4/h6,8-9,11H,5,7,10H2,1-4H3/b9-8+,12-6+. The molecule has 0 aliphatic rings. The lowest BCUT2D eigenvalue weighted by Gasteiger charge is -2.04. The van der Waals surface area contributed by atoms with Gasteiger partial charge in [-0.1, -0.05) is 51.0 Å². The number of hydrogen-bond donors (Lipinski definition) is 0. The predicted octanol–water partition coefficient (Wildman–Crippen LogP) is 4.34. The Balaban J connectivity index is 3.84. The van der Waals surface area contributed by atoms with Gasteiger partial charge in [-0.25, -0.2) is 0 Å². The Morgan fingerprint density at radius 3 is 2.42 bits per heavy atom. The zero-order valence-corrected chi connectivity index (χ0v) is 8.93. The minimum absolute atomic E-state index is 0.766. The molecule has 0 fully saturated rings. The monoisotopic (exact) mass is 166 g/mol. The molecular formula is C12H22. The summed E-state index contributed by atoms with van der Waals surface area (Å²) in [4.78, 5) is 0. The van der Waals surface area contributed by atoms with Crippen molar-refractivity contribution in [3.05, 3.63) is 23.8 Å². The third-order valence-corrected chi connectivity index (χ3v) is 1.80. The Morgan fingerprint density at radius 1 is 1.33 bits per heavy atom. The van der Waals surface area contributed by atoms with Gasteiger partial charge in [0.25, 0.3) is 0 Å². The van der Waals surface area contributed by atoms with Crippen LogP contribution in [0.4, 0.5) is 0 Å². The van der Waals surface area contributed by atoms with E-state index in [9.17, 15) is 0 Å². The number of hydrogen-bond acceptors (Lipinski definition) is 0. The topological polar surface area (TPSA) is 0 Å². The van der Waals surface area contributed by atoms with E-state index in [1.54, 1.807) is 0 Å². The van der Waals surface area contributed by atoms with Crippen molar-refractivity contribution in [3.63, 3.8) is 0 Å². The van der Waals surface area contributed by atoms with Crippen LogP contribution in [0.5, 0.6) is 0 Å². The zero-order valence-electron chi connectivity index (χ0n) is 8.93. The fourth-order valence-electron chi connectivity index (χ4n) is 1.15. The molecule has 0 nitrogen and oxygen atoms in total. The largest absolute Gasteiger partial charge is 0.0844 e. The van der Waals surface area contributed by atoms with Crippen LogP contribution in [0.25, 0.3) is 0 Å². The molecule has 0 aliphatic heterocycles. The van der Waals surface area contributed by atoms with Crippen LogP contribution in [-0.2, 0) is 0 Å². The second kappa shape index (κ2) is 7.15. The van der Waals surface area contributed by atoms with Crippen molar-refractivity contribution in [2.24, 2.45) is 5.92 Å². The molecule has 0 heteroatoms. The first-order valence-electron chi connectivity index (χ1n) is 5.02.